The fourth-order valence-corrected chi connectivity index (χ4v) is 1.80. The summed E-state index contributed by atoms with van der Waals surface area (Å²) in [4.78, 5) is 0. The Morgan fingerprint density at radius 2 is 2.27 bits per heavy atom. The van der Waals surface area contributed by atoms with Crippen molar-refractivity contribution in [2.45, 2.75) is 12.8 Å². The van der Waals surface area contributed by atoms with Crippen molar-refractivity contribution in [3.63, 3.8) is 0 Å². The van der Waals surface area contributed by atoms with Crippen molar-refractivity contribution in [1.29, 1.82) is 0 Å². The number of halogens is 1. The number of rotatable bonds is 5. The lowest BCUT2D eigenvalue weighted by Gasteiger charge is -2.11. The average molecular weight is 268 g/mol. The molecule has 0 radical (unpaired) electrons. The van der Waals surface area contributed by atoms with Crippen LogP contribution in [0.4, 0.5) is 0 Å². The van der Waals surface area contributed by atoms with Crippen LogP contribution in [-0.4, -0.2) is 13.2 Å². The topological polar surface area (TPSA) is 35.2 Å². The summed E-state index contributed by atoms with van der Waals surface area (Å²) in [6, 6.07) is 5.94. The number of ether oxygens (including phenoxy) is 1. The summed E-state index contributed by atoms with van der Waals surface area (Å²) in [6.07, 6.45) is 6.59. The molecule has 0 aliphatic carbocycles. The summed E-state index contributed by atoms with van der Waals surface area (Å²) in [5.41, 5.74) is 6.65. The zero-order valence-electron chi connectivity index (χ0n) is 8.50. The Hall–Kier alpha value is -0.980. The van der Waals surface area contributed by atoms with Gasteiger partial charge in [0.25, 0.3) is 0 Å². The molecule has 1 rings (SSSR count). The van der Waals surface area contributed by atoms with Crippen LogP contribution in [0.3, 0.4) is 0 Å². The number of hydrogen-bond acceptors (Lipinski definition) is 2. The van der Waals surface area contributed by atoms with Crippen LogP contribution in [0.15, 0.2) is 22.7 Å². The third-order valence-electron chi connectivity index (χ3n) is 1.96. The molecule has 2 nitrogen and oxygen atoms in total. The van der Waals surface area contributed by atoms with Crippen LogP contribution < -0.4 is 10.5 Å². The molecule has 0 heterocycles. The van der Waals surface area contributed by atoms with Crippen molar-refractivity contribution in [1.82, 2.24) is 0 Å². The largest absolute Gasteiger partial charge is 0.491 e. The average Bonchev–Trinajstić information content (AvgIpc) is 2.23. The van der Waals surface area contributed by atoms with E-state index in [2.05, 4.69) is 21.9 Å². The lowest BCUT2D eigenvalue weighted by molar-refractivity contribution is 0.322. The maximum atomic E-state index is 5.62. The summed E-state index contributed by atoms with van der Waals surface area (Å²) >= 11 is 3.45. The first-order valence-electron chi connectivity index (χ1n) is 4.83. The highest BCUT2D eigenvalue weighted by atomic mass is 79.9. The Kier molecular flexibility index (Phi) is 5.23. The van der Waals surface area contributed by atoms with E-state index in [4.69, 9.17) is 16.9 Å². The highest BCUT2D eigenvalue weighted by Crippen LogP contribution is 2.29. The Bertz CT molecular complexity index is 357. The smallest absolute Gasteiger partial charge is 0.136 e. The number of hydrogen-bond donors (Lipinski definition) is 1. The molecule has 0 aliphatic heterocycles. The van der Waals surface area contributed by atoms with Gasteiger partial charge in [0.1, 0.15) is 5.75 Å². The first kappa shape index (κ1) is 12.1. The molecule has 0 fully saturated rings. The molecule has 0 bridgehead atoms. The van der Waals surface area contributed by atoms with Crippen molar-refractivity contribution in [3.8, 4) is 18.1 Å². The Labute approximate surface area is 98.9 Å². The van der Waals surface area contributed by atoms with Crippen LogP contribution in [-0.2, 0) is 6.42 Å². The molecule has 80 valence electrons. The third kappa shape index (κ3) is 3.58. The quantitative estimate of drug-likeness (QED) is 0.657. The van der Waals surface area contributed by atoms with E-state index < -0.39 is 0 Å². The van der Waals surface area contributed by atoms with Crippen LogP contribution in [0.25, 0.3) is 0 Å². The van der Waals surface area contributed by atoms with E-state index in [1.54, 1.807) is 0 Å². The summed E-state index contributed by atoms with van der Waals surface area (Å²) in [5, 5.41) is 0. The van der Waals surface area contributed by atoms with Gasteiger partial charge in [0.2, 0.25) is 0 Å². The van der Waals surface area contributed by atoms with E-state index in [1.165, 1.54) is 0 Å². The van der Waals surface area contributed by atoms with E-state index >= 15 is 0 Å². The molecule has 0 aliphatic rings. The van der Waals surface area contributed by atoms with Crippen molar-refractivity contribution in [2.75, 3.05) is 13.2 Å². The van der Waals surface area contributed by atoms with Gasteiger partial charge in [0.05, 0.1) is 11.1 Å². The summed E-state index contributed by atoms with van der Waals surface area (Å²) < 4.78 is 6.57. The molecule has 1 aromatic carbocycles. The highest BCUT2D eigenvalue weighted by Gasteiger charge is 2.06. The number of nitrogens with two attached hydrogens (primary N) is 1. The second-order valence-corrected chi connectivity index (χ2v) is 3.92. The van der Waals surface area contributed by atoms with Crippen LogP contribution in [0.2, 0.25) is 0 Å². The molecule has 0 saturated heterocycles. The Morgan fingerprint density at radius 3 is 2.93 bits per heavy atom. The predicted octanol–water partition coefficient (Wildman–Crippen LogP) is 2.35. The lowest BCUT2D eigenvalue weighted by Crippen LogP contribution is -2.06. The predicted molar refractivity (Wildman–Crippen MR) is 65.8 cm³/mol. The number of para-hydroxylation sites is 1. The molecule has 15 heavy (non-hydrogen) atoms. The van der Waals surface area contributed by atoms with Gasteiger partial charge in [0.15, 0.2) is 0 Å². The van der Waals surface area contributed by atoms with Crippen molar-refractivity contribution >= 4 is 15.9 Å². The molecule has 2 N–H and O–H groups in total. The highest BCUT2D eigenvalue weighted by molar-refractivity contribution is 9.10. The molecular weight excluding hydrogens is 254 g/mol. The van der Waals surface area contributed by atoms with Gasteiger partial charge in [0, 0.05) is 6.42 Å². The first-order valence-corrected chi connectivity index (χ1v) is 5.62. The minimum absolute atomic E-state index is 0.538. The third-order valence-corrected chi connectivity index (χ3v) is 2.58. The normalized spacial score (nSPS) is 9.67. The van der Waals surface area contributed by atoms with Crippen LogP contribution in [0.5, 0.6) is 5.75 Å². The SMILES string of the molecule is C#CCCOc1c(Br)cccc1CCN. The van der Waals surface area contributed by atoms with Gasteiger partial charge in [-0.2, -0.15) is 0 Å². The van der Waals surface area contributed by atoms with Crippen LogP contribution >= 0.6 is 15.9 Å². The van der Waals surface area contributed by atoms with Crippen LogP contribution in [0.1, 0.15) is 12.0 Å². The number of benzene rings is 1. The molecule has 0 spiro atoms. The van der Waals surface area contributed by atoms with Crippen LogP contribution in [0, 0.1) is 12.3 Å². The van der Waals surface area contributed by atoms with Gasteiger partial charge in [-0.25, -0.2) is 0 Å². The van der Waals surface area contributed by atoms with E-state index in [0.717, 1.165) is 22.2 Å². The zero-order valence-corrected chi connectivity index (χ0v) is 10.1. The molecule has 0 atom stereocenters. The monoisotopic (exact) mass is 267 g/mol. The molecule has 1 aromatic rings. The van der Waals surface area contributed by atoms with Gasteiger partial charge in [-0.1, -0.05) is 12.1 Å². The summed E-state index contributed by atoms with van der Waals surface area (Å²) in [6.45, 7) is 1.15. The standard InChI is InChI=1S/C12H14BrNO/c1-2-3-9-15-12-10(7-8-14)5-4-6-11(12)13/h1,4-6H,3,7-9,14H2. The van der Waals surface area contributed by atoms with E-state index in [-0.39, 0.29) is 0 Å². The van der Waals surface area contributed by atoms with E-state index in [0.29, 0.717) is 19.6 Å². The van der Waals surface area contributed by atoms with Gasteiger partial charge < -0.3 is 10.5 Å². The molecule has 0 saturated carbocycles. The summed E-state index contributed by atoms with van der Waals surface area (Å²) in [7, 11) is 0. The van der Waals surface area contributed by atoms with Gasteiger partial charge >= 0.3 is 0 Å². The van der Waals surface area contributed by atoms with E-state index in [9.17, 15) is 0 Å². The summed E-state index contributed by atoms with van der Waals surface area (Å²) in [5.74, 6) is 3.40. The van der Waals surface area contributed by atoms with Crippen molar-refractivity contribution < 1.29 is 4.74 Å². The minimum atomic E-state index is 0.538. The molecule has 0 amide bonds. The second-order valence-electron chi connectivity index (χ2n) is 3.07. The maximum absolute atomic E-state index is 5.62. The van der Waals surface area contributed by atoms with E-state index in [1.807, 2.05) is 18.2 Å². The van der Waals surface area contributed by atoms with Gasteiger partial charge in [-0.05, 0) is 40.5 Å². The van der Waals surface area contributed by atoms with Gasteiger partial charge in [-0.15, -0.1) is 12.3 Å². The maximum Gasteiger partial charge on any atom is 0.136 e. The fourth-order valence-electron chi connectivity index (χ4n) is 1.28. The number of terminal acetylenes is 1. The molecular formula is C12H14BrNO. The van der Waals surface area contributed by atoms with Crippen molar-refractivity contribution in [2.24, 2.45) is 5.73 Å². The fraction of sp³-hybridized carbons (Fsp3) is 0.333. The zero-order chi connectivity index (χ0) is 11.1. The molecule has 0 aromatic heterocycles. The minimum Gasteiger partial charge on any atom is -0.491 e. The Morgan fingerprint density at radius 1 is 1.47 bits per heavy atom. The lowest BCUT2D eigenvalue weighted by atomic mass is 10.1. The first-order chi connectivity index (χ1) is 7.29. The van der Waals surface area contributed by atoms with Crippen molar-refractivity contribution in [3.05, 3.63) is 28.2 Å². The van der Waals surface area contributed by atoms with Gasteiger partial charge in [-0.3, -0.25) is 0 Å². The second kappa shape index (κ2) is 6.49. The Balaban J connectivity index is 2.78. The molecule has 3 heteroatoms. The molecule has 0 unspecified atom stereocenters.